The Hall–Kier alpha value is -3.00. The molecule has 0 saturated carbocycles. The van der Waals surface area contributed by atoms with Crippen LogP contribution in [0.3, 0.4) is 0 Å². The summed E-state index contributed by atoms with van der Waals surface area (Å²) in [5, 5.41) is 5.78. The molecule has 0 aromatic heterocycles. The monoisotopic (exact) mass is 441 g/mol. The van der Waals surface area contributed by atoms with E-state index in [-0.39, 0.29) is 36.6 Å². The molecule has 0 aliphatic carbocycles. The molecule has 2 N–H and O–H groups in total. The highest BCUT2D eigenvalue weighted by Gasteiger charge is 2.72. The molecule has 4 rings (SSSR count). The highest BCUT2D eigenvalue weighted by atomic mass is 19.1. The Morgan fingerprint density at radius 1 is 1.25 bits per heavy atom. The average Bonchev–Trinajstić information content (AvgIpc) is 3.34. The van der Waals surface area contributed by atoms with Gasteiger partial charge in [-0.15, -0.1) is 6.58 Å². The van der Waals surface area contributed by atoms with Crippen molar-refractivity contribution in [1.29, 1.82) is 0 Å². The van der Waals surface area contributed by atoms with Gasteiger partial charge < -0.3 is 20.3 Å². The van der Waals surface area contributed by atoms with Gasteiger partial charge in [-0.25, -0.2) is 4.39 Å². The lowest BCUT2D eigenvalue weighted by Gasteiger charge is -2.34. The second kappa shape index (κ2) is 7.85. The predicted molar refractivity (Wildman–Crippen MR) is 116 cm³/mol. The Morgan fingerprint density at radius 3 is 2.56 bits per heavy atom. The second-order valence-corrected chi connectivity index (χ2v) is 9.56. The highest BCUT2D eigenvalue weighted by molar-refractivity contribution is 6.00. The Kier molecular flexibility index (Phi) is 5.45. The molecule has 3 amide bonds. The van der Waals surface area contributed by atoms with E-state index < -0.39 is 35.1 Å². The number of hydrogen-bond acceptors (Lipinski definition) is 4. The zero-order valence-electron chi connectivity index (χ0n) is 18.4. The first-order valence-electron chi connectivity index (χ1n) is 10.7. The molecule has 0 radical (unpaired) electrons. The normalized spacial score (nSPS) is 30.4. The van der Waals surface area contributed by atoms with Crippen molar-refractivity contribution >= 4 is 17.7 Å². The van der Waals surface area contributed by atoms with Gasteiger partial charge >= 0.3 is 0 Å². The van der Waals surface area contributed by atoms with E-state index >= 15 is 0 Å². The van der Waals surface area contributed by atoms with E-state index in [1.807, 2.05) is 20.8 Å². The fraction of sp³-hybridized carbons (Fsp3) is 0.458. The number of benzene rings is 1. The number of nitrogens with zero attached hydrogens (tertiary/aromatic N) is 1. The molecule has 2 bridgehead atoms. The number of nitrogens with one attached hydrogen (secondary N) is 2. The van der Waals surface area contributed by atoms with Crippen molar-refractivity contribution in [1.82, 2.24) is 15.5 Å². The third-order valence-corrected chi connectivity index (χ3v) is 6.13. The Labute approximate surface area is 186 Å². The number of ether oxygens (including phenoxy) is 1. The lowest BCUT2D eigenvalue weighted by atomic mass is 9.74. The van der Waals surface area contributed by atoms with Crippen molar-refractivity contribution < 1.29 is 23.5 Å². The summed E-state index contributed by atoms with van der Waals surface area (Å²) in [6.07, 6.45) is 4.50. The van der Waals surface area contributed by atoms with Crippen molar-refractivity contribution in [3.8, 4) is 0 Å². The zero-order valence-corrected chi connectivity index (χ0v) is 18.4. The van der Waals surface area contributed by atoms with Crippen molar-refractivity contribution in [2.45, 2.75) is 50.6 Å². The van der Waals surface area contributed by atoms with Crippen LogP contribution >= 0.6 is 0 Å². The van der Waals surface area contributed by atoms with Crippen LogP contribution in [0.15, 0.2) is 49.1 Å². The van der Waals surface area contributed by atoms with Gasteiger partial charge in [0.25, 0.3) is 0 Å². The molecule has 5 atom stereocenters. The maximum Gasteiger partial charge on any atom is 0.246 e. The lowest BCUT2D eigenvalue weighted by molar-refractivity contribution is -0.141. The van der Waals surface area contributed by atoms with E-state index in [4.69, 9.17) is 4.74 Å². The average molecular weight is 442 g/mol. The molecule has 8 heteroatoms. The zero-order chi connectivity index (χ0) is 23.3. The van der Waals surface area contributed by atoms with Crippen LogP contribution in [0.1, 0.15) is 26.3 Å². The molecule has 32 heavy (non-hydrogen) atoms. The fourth-order valence-electron chi connectivity index (χ4n) is 4.95. The van der Waals surface area contributed by atoms with E-state index in [0.29, 0.717) is 0 Å². The van der Waals surface area contributed by atoms with Crippen molar-refractivity contribution in [2.75, 3.05) is 6.54 Å². The van der Waals surface area contributed by atoms with E-state index in [1.54, 1.807) is 30.4 Å². The third-order valence-electron chi connectivity index (χ3n) is 6.13. The van der Waals surface area contributed by atoms with Gasteiger partial charge in [0, 0.05) is 18.6 Å². The number of rotatable bonds is 6. The van der Waals surface area contributed by atoms with Gasteiger partial charge in [0.05, 0.1) is 17.9 Å². The minimum atomic E-state index is -1.20. The molecular formula is C24H28FN3O4. The number of likely N-dealkylation sites (tertiary alicyclic amines) is 1. The summed E-state index contributed by atoms with van der Waals surface area (Å²) >= 11 is 0. The largest absolute Gasteiger partial charge is 0.359 e. The first kappa shape index (κ1) is 22.2. The summed E-state index contributed by atoms with van der Waals surface area (Å²) in [6.45, 7) is 9.68. The van der Waals surface area contributed by atoms with E-state index in [9.17, 15) is 18.8 Å². The molecular weight excluding hydrogens is 413 g/mol. The molecule has 2 saturated heterocycles. The molecule has 2 fully saturated rings. The van der Waals surface area contributed by atoms with Crippen molar-refractivity contribution in [2.24, 2.45) is 11.8 Å². The third kappa shape index (κ3) is 3.62. The predicted octanol–water partition coefficient (Wildman–Crippen LogP) is 1.69. The Balaban J connectivity index is 1.60. The van der Waals surface area contributed by atoms with Crippen molar-refractivity contribution in [3.05, 3.63) is 60.5 Å². The van der Waals surface area contributed by atoms with Crippen LogP contribution in [-0.2, 0) is 25.7 Å². The van der Waals surface area contributed by atoms with Gasteiger partial charge in [-0.1, -0.05) is 30.4 Å². The summed E-state index contributed by atoms with van der Waals surface area (Å²) in [5.74, 6) is -2.87. The van der Waals surface area contributed by atoms with Gasteiger partial charge in [-0.05, 0) is 38.5 Å². The van der Waals surface area contributed by atoms with Crippen molar-refractivity contribution in [3.63, 3.8) is 0 Å². The Morgan fingerprint density at radius 2 is 1.94 bits per heavy atom. The molecule has 1 aromatic carbocycles. The summed E-state index contributed by atoms with van der Waals surface area (Å²) in [7, 11) is 0. The standard InChI is InChI=1S/C24H28FN3O4/c1-5-12-28-19(21(30)27-23(2,3)4)24-11-10-16(32-24)17(18(24)22(28)31)20(29)26-13-14-6-8-15(25)9-7-14/h5-11,16-19H,1,12-13H2,2-4H3,(H,26,29)(H,27,30)/t16-,17+,18+,19+,24+/m1/s1. The topological polar surface area (TPSA) is 87.7 Å². The van der Waals surface area contributed by atoms with Crippen LogP contribution in [0.4, 0.5) is 4.39 Å². The Bertz CT molecular complexity index is 984. The highest BCUT2D eigenvalue weighted by Crippen LogP contribution is 2.55. The summed E-state index contributed by atoms with van der Waals surface area (Å²) in [4.78, 5) is 41.3. The molecule has 0 unspecified atom stereocenters. The molecule has 7 nitrogen and oxygen atoms in total. The van der Waals surface area contributed by atoms with E-state index in [2.05, 4.69) is 17.2 Å². The summed E-state index contributed by atoms with van der Waals surface area (Å²) < 4.78 is 19.3. The maximum absolute atomic E-state index is 13.4. The minimum Gasteiger partial charge on any atom is -0.359 e. The first-order valence-corrected chi connectivity index (χ1v) is 10.7. The van der Waals surface area contributed by atoms with E-state index in [1.165, 1.54) is 17.0 Å². The van der Waals surface area contributed by atoms with Gasteiger partial charge in [-0.3, -0.25) is 14.4 Å². The smallest absolute Gasteiger partial charge is 0.246 e. The quantitative estimate of drug-likeness (QED) is 0.658. The van der Waals surface area contributed by atoms with Crippen LogP contribution in [0, 0.1) is 17.7 Å². The maximum atomic E-state index is 13.4. The fourth-order valence-corrected chi connectivity index (χ4v) is 4.95. The number of halogens is 1. The van der Waals surface area contributed by atoms with Crippen LogP contribution in [-0.4, -0.2) is 52.5 Å². The van der Waals surface area contributed by atoms with Crippen LogP contribution in [0.2, 0.25) is 0 Å². The SMILES string of the molecule is C=CCN1C(=O)[C@@H]2[C@@H](C(=O)NCc3ccc(F)cc3)[C@H]3C=C[C@@]2(O3)[C@@H]1C(=O)NC(C)(C)C. The van der Waals surface area contributed by atoms with Crippen LogP contribution in [0.25, 0.3) is 0 Å². The second-order valence-electron chi connectivity index (χ2n) is 9.56. The van der Waals surface area contributed by atoms with Gasteiger partial charge in [0.2, 0.25) is 17.7 Å². The van der Waals surface area contributed by atoms with Crippen LogP contribution < -0.4 is 10.6 Å². The van der Waals surface area contributed by atoms with Crippen LogP contribution in [0.5, 0.6) is 0 Å². The first-order chi connectivity index (χ1) is 15.1. The molecule has 1 aromatic rings. The summed E-state index contributed by atoms with van der Waals surface area (Å²) in [6, 6.07) is 4.94. The number of fused-ring (bicyclic) bond motifs is 1. The number of carbonyl (C=O) groups is 3. The molecule has 3 heterocycles. The van der Waals surface area contributed by atoms with E-state index in [0.717, 1.165) is 5.56 Å². The summed E-state index contributed by atoms with van der Waals surface area (Å²) in [5.41, 5.74) is -0.957. The number of carbonyl (C=O) groups excluding carboxylic acids is 3. The molecule has 3 aliphatic heterocycles. The minimum absolute atomic E-state index is 0.172. The van der Waals surface area contributed by atoms with Gasteiger partial charge in [0.15, 0.2) is 0 Å². The number of amides is 3. The lowest BCUT2D eigenvalue weighted by Crippen LogP contribution is -2.57. The van der Waals surface area contributed by atoms with Gasteiger partial charge in [0.1, 0.15) is 17.5 Å². The van der Waals surface area contributed by atoms with Gasteiger partial charge in [-0.2, -0.15) is 0 Å². The molecule has 170 valence electrons. The molecule has 1 spiro atoms. The number of hydrogen-bond donors (Lipinski definition) is 2. The molecule has 3 aliphatic rings.